The van der Waals surface area contributed by atoms with Crippen molar-refractivity contribution in [1.82, 2.24) is 5.43 Å². The van der Waals surface area contributed by atoms with Crippen LogP contribution in [0.25, 0.3) is 0 Å². The molecule has 2 rings (SSSR count). The van der Waals surface area contributed by atoms with E-state index in [0.29, 0.717) is 0 Å². The summed E-state index contributed by atoms with van der Waals surface area (Å²) in [5.74, 6) is 7.46. The minimum Gasteiger partial charge on any atom is -0.466 e. The highest BCUT2D eigenvalue weighted by molar-refractivity contribution is 6.31. The molecule has 1 unspecified atom stereocenters. The van der Waals surface area contributed by atoms with Crippen molar-refractivity contribution in [2.45, 2.75) is 33.2 Å². The predicted molar refractivity (Wildman–Crippen MR) is 78.1 cm³/mol. The fourth-order valence-corrected chi connectivity index (χ4v) is 2.61. The predicted octanol–water partition coefficient (Wildman–Crippen LogP) is 3.61. The van der Waals surface area contributed by atoms with Crippen LogP contribution in [0.3, 0.4) is 0 Å². The molecule has 2 aromatic rings. The van der Waals surface area contributed by atoms with Crippen molar-refractivity contribution >= 4 is 11.6 Å². The van der Waals surface area contributed by atoms with Gasteiger partial charge in [0.05, 0.1) is 6.04 Å². The molecule has 4 heteroatoms. The average Bonchev–Trinajstić information content (AvgIpc) is 2.68. The summed E-state index contributed by atoms with van der Waals surface area (Å²) < 4.78 is 5.56. The number of nitrogens with two attached hydrogens (primary N) is 1. The van der Waals surface area contributed by atoms with Crippen LogP contribution in [0.15, 0.2) is 28.7 Å². The van der Waals surface area contributed by atoms with Crippen molar-refractivity contribution < 1.29 is 4.42 Å². The van der Waals surface area contributed by atoms with Crippen LogP contribution < -0.4 is 11.3 Å². The number of hydrazine groups is 1. The molecule has 1 heterocycles. The van der Waals surface area contributed by atoms with Crippen LogP contribution in [0.5, 0.6) is 0 Å². The summed E-state index contributed by atoms with van der Waals surface area (Å²) in [6.45, 7) is 5.91. The number of aryl methyl sites for hydroxylation is 3. The summed E-state index contributed by atoms with van der Waals surface area (Å²) in [5, 5.41) is 0.776. The largest absolute Gasteiger partial charge is 0.466 e. The SMILES string of the molecule is Cc1ccc(CC(NN)c2cc(C)oc2C)c(Cl)c1. The third-order valence-corrected chi connectivity index (χ3v) is 3.64. The van der Waals surface area contributed by atoms with E-state index in [9.17, 15) is 0 Å². The van der Waals surface area contributed by atoms with Gasteiger partial charge < -0.3 is 4.42 Å². The lowest BCUT2D eigenvalue weighted by Gasteiger charge is -2.16. The van der Waals surface area contributed by atoms with E-state index in [-0.39, 0.29) is 6.04 Å². The summed E-state index contributed by atoms with van der Waals surface area (Å²) in [6.07, 6.45) is 0.732. The van der Waals surface area contributed by atoms with Crippen LogP contribution in [-0.4, -0.2) is 0 Å². The smallest absolute Gasteiger partial charge is 0.105 e. The molecule has 1 aromatic carbocycles. The second-order valence-corrected chi connectivity index (χ2v) is 5.29. The Morgan fingerprint density at radius 3 is 2.53 bits per heavy atom. The summed E-state index contributed by atoms with van der Waals surface area (Å²) in [4.78, 5) is 0. The molecule has 0 aliphatic rings. The first-order chi connectivity index (χ1) is 9.01. The first-order valence-electron chi connectivity index (χ1n) is 6.29. The third kappa shape index (κ3) is 3.18. The van der Waals surface area contributed by atoms with Crippen molar-refractivity contribution in [2.24, 2.45) is 5.84 Å². The Balaban J connectivity index is 2.26. The number of nitrogens with one attached hydrogen (secondary N) is 1. The van der Waals surface area contributed by atoms with Crippen LogP contribution >= 0.6 is 11.6 Å². The molecule has 0 aliphatic heterocycles. The van der Waals surface area contributed by atoms with Gasteiger partial charge in [0.1, 0.15) is 11.5 Å². The van der Waals surface area contributed by atoms with E-state index in [1.165, 1.54) is 0 Å². The minimum absolute atomic E-state index is 0.00217. The highest BCUT2D eigenvalue weighted by Gasteiger charge is 2.17. The van der Waals surface area contributed by atoms with Gasteiger partial charge in [-0.05, 0) is 50.5 Å². The number of benzene rings is 1. The van der Waals surface area contributed by atoms with Gasteiger partial charge in [0.2, 0.25) is 0 Å². The number of halogens is 1. The van der Waals surface area contributed by atoms with E-state index in [1.54, 1.807) is 0 Å². The number of hydrogen-bond donors (Lipinski definition) is 2. The molecule has 0 fully saturated rings. The molecule has 0 aliphatic carbocycles. The molecule has 102 valence electrons. The maximum atomic E-state index is 6.27. The Morgan fingerprint density at radius 1 is 1.26 bits per heavy atom. The Bertz CT molecular complexity index is 578. The summed E-state index contributed by atoms with van der Waals surface area (Å²) >= 11 is 6.27. The van der Waals surface area contributed by atoms with Crippen molar-refractivity contribution in [3.8, 4) is 0 Å². The molecular weight excluding hydrogens is 260 g/mol. The zero-order chi connectivity index (χ0) is 14.0. The highest BCUT2D eigenvalue weighted by Crippen LogP contribution is 2.27. The van der Waals surface area contributed by atoms with Gasteiger partial charge in [0.15, 0.2) is 0 Å². The van der Waals surface area contributed by atoms with Crippen molar-refractivity contribution in [1.29, 1.82) is 0 Å². The lowest BCUT2D eigenvalue weighted by Crippen LogP contribution is -2.29. The maximum absolute atomic E-state index is 6.27. The fraction of sp³-hybridized carbons (Fsp3) is 0.333. The van der Waals surface area contributed by atoms with Crippen molar-refractivity contribution in [2.75, 3.05) is 0 Å². The molecule has 19 heavy (non-hydrogen) atoms. The molecule has 1 aromatic heterocycles. The zero-order valence-electron chi connectivity index (χ0n) is 11.5. The van der Waals surface area contributed by atoms with Gasteiger partial charge in [-0.3, -0.25) is 11.3 Å². The topological polar surface area (TPSA) is 51.2 Å². The summed E-state index contributed by atoms with van der Waals surface area (Å²) in [5.41, 5.74) is 6.16. The van der Waals surface area contributed by atoms with E-state index in [2.05, 4.69) is 11.5 Å². The normalized spacial score (nSPS) is 12.7. The second kappa shape index (κ2) is 5.78. The summed E-state index contributed by atoms with van der Waals surface area (Å²) in [7, 11) is 0. The van der Waals surface area contributed by atoms with Gasteiger partial charge in [0.25, 0.3) is 0 Å². The number of furan rings is 1. The Hall–Kier alpha value is -1.29. The summed E-state index contributed by atoms with van der Waals surface area (Å²) in [6, 6.07) is 8.09. The van der Waals surface area contributed by atoms with Gasteiger partial charge in [-0.25, -0.2) is 0 Å². The van der Waals surface area contributed by atoms with Gasteiger partial charge in [0, 0.05) is 10.6 Å². The zero-order valence-corrected chi connectivity index (χ0v) is 12.2. The van der Waals surface area contributed by atoms with E-state index < -0.39 is 0 Å². The van der Waals surface area contributed by atoms with Gasteiger partial charge >= 0.3 is 0 Å². The molecule has 3 N–H and O–H groups in total. The van der Waals surface area contributed by atoms with E-state index >= 15 is 0 Å². The first kappa shape index (κ1) is 14.1. The standard InChI is InChI=1S/C15H19ClN2O/c1-9-4-5-12(14(16)6-9)8-15(18-17)13-7-10(2)19-11(13)3/h4-7,15,18H,8,17H2,1-3H3. The van der Waals surface area contributed by atoms with E-state index in [0.717, 1.165) is 39.7 Å². The highest BCUT2D eigenvalue weighted by atomic mass is 35.5. The van der Waals surface area contributed by atoms with Crippen LogP contribution in [0.2, 0.25) is 5.02 Å². The first-order valence-corrected chi connectivity index (χ1v) is 6.67. The maximum Gasteiger partial charge on any atom is 0.105 e. The molecule has 1 atom stereocenters. The van der Waals surface area contributed by atoms with Crippen LogP contribution in [0.4, 0.5) is 0 Å². The quantitative estimate of drug-likeness (QED) is 0.664. The Labute approximate surface area is 118 Å². The Morgan fingerprint density at radius 2 is 2.00 bits per heavy atom. The molecule has 0 radical (unpaired) electrons. The molecular formula is C15H19ClN2O. The molecule has 0 bridgehead atoms. The van der Waals surface area contributed by atoms with Crippen molar-refractivity contribution in [3.63, 3.8) is 0 Å². The van der Waals surface area contributed by atoms with Gasteiger partial charge in [-0.1, -0.05) is 23.7 Å². The van der Waals surface area contributed by atoms with Crippen LogP contribution in [-0.2, 0) is 6.42 Å². The van der Waals surface area contributed by atoms with E-state index in [1.807, 2.05) is 39.0 Å². The van der Waals surface area contributed by atoms with Crippen LogP contribution in [0, 0.1) is 20.8 Å². The monoisotopic (exact) mass is 278 g/mol. The van der Waals surface area contributed by atoms with E-state index in [4.69, 9.17) is 21.9 Å². The average molecular weight is 279 g/mol. The third-order valence-electron chi connectivity index (χ3n) is 3.29. The molecule has 0 saturated heterocycles. The fourth-order valence-electron chi connectivity index (χ4n) is 2.29. The lowest BCUT2D eigenvalue weighted by atomic mass is 9.99. The molecule has 0 spiro atoms. The van der Waals surface area contributed by atoms with Crippen molar-refractivity contribution in [3.05, 3.63) is 57.5 Å². The van der Waals surface area contributed by atoms with Crippen LogP contribution in [0.1, 0.15) is 34.3 Å². The second-order valence-electron chi connectivity index (χ2n) is 4.89. The Kier molecular flexibility index (Phi) is 4.30. The lowest BCUT2D eigenvalue weighted by molar-refractivity contribution is 0.484. The number of hydrogen-bond acceptors (Lipinski definition) is 3. The molecule has 0 saturated carbocycles. The molecule has 0 amide bonds. The minimum atomic E-state index is -0.00217. The molecule has 3 nitrogen and oxygen atoms in total. The van der Waals surface area contributed by atoms with Gasteiger partial charge in [-0.15, -0.1) is 0 Å². The number of rotatable bonds is 4. The van der Waals surface area contributed by atoms with Gasteiger partial charge in [-0.2, -0.15) is 0 Å².